The Hall–Kier alpha value is -2.34. The third kappa shape index (κ3) is 3.22. The molecule has 1 aliphatic rings. The number of hydrogen-bond donors (Lipinski definition) is 2. The average Bonchev–Trinajstić information content (AvgIpc) is 3.14. The van der Waals surface area contributed by atoms with E-state index >= 15 is 0 Å². The second-order valence-corrected chi connectivity index (χ2v) is 6.02. The van der Waals surface area contributed by atoms with Crippen molar-refractivity contribution >= 4 is 11.8 Å². The van der Waals surface area contributed by atoms with Crippen LogP contribution in [0.4, 0.5) is 10.6 Å². The first-order chi connectivity index (χ1) is 11.1. The van der Waals surface area contributed by atoms with E-state index in [0.717, 1.165) is 24.2 Å². The molecule has 1 fully saturated rings. The largest absolute Gasteiger partial charge is 0.394 e. The predicted molar refractivity (Wildman–Crippen MR) is 88.9 cm³/mol. The van der Waals surface area contributed by atoms with Gasteiger partial charge in [0.1, 0.15) is 0 Å². The fourth-order valence-corrected chi connectivity index (χ4v) is 2.96. The van der Waals surface area contributed by atoms with Gasteiger partial charge in [-0.3, -0.25) is 5.32 Å². The second-order valence-electron chi connectivity index (χ2n) is 6.02. The van der Waals surface area contributed by atoms with Gasteiger partial charge in [0.2, 0.25) is 0 Å². The Morgan fingerprint density at radius 2 is 2.09 bits per heavy atom. The molecule has 2 heterocycles. The summed E-state index contributed by atoms with van der Waals surface area (Å²) in [7, 11) is 0. The van der Waals surface area contributed by atoms with E-state index < -0.39 is 0 Å². The van der Waals surface area contributed by atoms with E-state index in [4.69, 9.17) is 0 Å². The van der Waals surface area contributed by atoms with E-state index in [1.807, 2.05) is 48.9 Å². The first-order valence-corrected chi connectivity index (χ1v) is 7.90. The molecule has 2 amide bonds. The lowest BCUT2D eigenvalue weighted by molar-refractivity contribution is 0.166. The molecule has 0 spiro atoms. The van der Waals surface area contributed by atoms with Crippen LogP contribution < -0.4 is 5.32 Å². The summed E-state index contributed by atoms with van der Waals surface area (Å²) in [6.45, 7) is 4.67. The molecular weight excluding hydrogens is 292 g/mol. The minimum absolute atomic E-state index is 0.00422. The van der Waals surface area contributed by atoms with E-state index in [-0.39, 0.29) is 18.7 Å². The third-order valence-corrected chi connectivity index (χ3v) is 4.25. The van der Waals surface area contributed by atoms with Crippen LogP contribution in [0.3, 0.4) is 0 Å². The fraction of sp³-hybridized carbons (Fsp3) is 0.412. The Morgan fingerprint density at radius 3 is 2.78 bits per heavy atom. The number of amides is 2. The molecule has 0 aliphatic carbocycles. The first kappa shape index (κ1) is 15.6. The van der Waals surface area contributed by atoms with Gasteiger partial charge >= 0.3 is 6.03 Å². The summed E-state index contributed by atoms with van der Waals surface area (Å²) in [6.07, 6.45) is 1.77. The summed E-state index contributed by atoms with van der Waals surface area (Å²) in [5, 5.41) is 16.6. The van der Waals surface area contributed by atoms with Gasteiger partial charge in [-0.1, -0.05) is 17.7 Å². The highest BCUT2D eigenvalue weighted by atomic mass is 16.3. The summed E-state index contributed by atoms with van der Waals surface area (Å²) >= 11 is 0. The minimum atomic E-state index is -0.199. The van der Waals surface area contributed by atoms with Gasteiger partial charge in [0.15, 0.2) is 5.82 Å². The third-order valence-electron chi connectivity index (χ3n) is 4.25. The van der Waals surface area contributed by atoms with Crippen molar-refractivity contribution in [3.05, 3.63) is 41.6 Å². The van der Waals surface area contributed by atoms with Crippen LogP contribution >= 0.6 is 0 Å². The molecule has 6 nitrogen and oxygen atoms in total. The van der Waals surface area contributed by atoms with Gasteiger partial charge in [-0.25, -0.2) is 9.48 Å². The Bertz CT molecular complexity index is 693. The monoisotopic (exact) mass is 314 g/mol. The quantitative estimate of drug-likeness (QED) is 0.914. The Balaban J connectivity index is 1.76. The number of aliphatic hydroxyl groups is 1. The molecule has 0 bridgehead atoms. The lowest BCUT2D eigenvalue weighted by atomic mass is 10.2. The number of nitrogens with one attached hydrogen (secondary N) is 1. The van der Waals surface area contributed by atoms with Crippen LogP contribution in [0.25, 0.3) is 5.69 Å². The molecule has 1 saturated heterocycles. The van der Waals surface area contributed by atoms with Crippen molar-refractivity contribution in [2.24, 2.45) is 0 Å². The van der Waals surface area contributed by atoms with Crippen LogP contribution in [0.1, 0.15) is 24.1 Å². The minimum Gasteiger partial charge on any atom is -0.394 e. The number of carbonyl (C=O) groups is 1. The van der Waals surface area contributed by atoms with E-state index in [0.29, 0.717) is 12.4 Å². The number of aromatic nitrogens is 2. The molecular formula is C17H22N4O2. The highest BCUT2D eigenvalue weighted by Gasteiger charge is 2.28. The molecule has 3 rings (SSSR count). The number of aryl methyl sites for hydroxylation is 2. The van der Waals surface area contributed by atoms with Crippen LogP contribution in [-0.2, 0) is 0 Å². The molecule has 1 aromatic heterocycles. The van der Waals surface area contributed by atoms with Crippen molar-refractivity contribution in [2.75, 3.05) is 18.5 Å². The van der Waals surface area contributed by atoms with Gasteiger partial charge in [0.25, 0.3) is 0 Å². The topological polar surface area (TPSA) is 70.4 Å². The van der Waals surface area contributed by atoms with E-state index in [1.165, 1.54) is 5.56 Å². The Morgan fingerprint density at radius 1 is 1.35 bits per heavy atom. The van der Waals surface area contributed by atoms with Crippen LogP contribution in [0.15, 0.2) is 30.3 Å². The number of likely N-dealkylation sites (tertiary alicyclic amines) is 1. The molecule has 6 heteroatoms. The summed E-state index contributed by atoms with van der Waals surface area (Å²) in [5.41, 5.74) is 3.10. The zero-order chi connectivity index (χ0) is 16.4. The van der Waals surface area contributed by atoms with Crippen LogP contribution in [0.2, 0.25) is 0 Å². The van der Waals surface area contributed by atoms with E-state index in [2.05, 4.69) is 10.4 Å². The molecule has 122 valence electrons. The smallest absolute Gasteiger partial charge is 0.323 e. The normalized spacial score (nSPS) is 17.5. The number of hydrogen-bond acceptors (Lipinski definition) is 3. The number of anilines is 1. The molecule has 0 saturated carbocycles. The lowest BCUT2D eigenvalue weighted by Crippen LogP contribution is -2.40. The summed E-state index contributed by atoms with van der Waals surface area (Å²) in [5.74, 6) is 0.525. The lowest BCUT2D eigenvalue weighted by Gasteiger charge is -2.22. The number of aliphatic hydroxyl groups excluding tert-OH is 1. The average molecular weight is 314 g/mol. The fourth-order valence-electron chi connectivity index (χ4n) is 2.96. The number of rotatable bonds is 3. The van der Waals surface area contributed by atoms with Crippen molar-refractivity contribution in [1.29, 1.82) is 0 Å². The summed E-state index contributed by atoms with van der Waals surface area (Å²) < 4.78 is 1.81. The molecule has 1 aromatic carbocycles. The zero-order valence-corrected chi connectivity index (χ0v) is 13.5. The second kappa shape index (κ2) is 6.42. The first-order valence-electron chi connectivity index (χ1n) is 7.90. The molecule has 23 heavy (non-hydrogen) atoms. The summed E-state index contributed by atoms with van der Waals surface area (Å²) in [4.78, 5) is 14.0. The standard InChI is InChI=1S/C17H22N4O2/c1-12-5-7-14(8-6-12)21-13(2)10-16(19-21)18-17(23)20-9-3-4-15(20)11-22/h5-8,10,15,22H,3-4,9,11H2,1-2H3,(H,18,19,23). The van der Waals surface area contributed by atoms with Gasteiger partial charge in [0, 0.05) is 18.3 Å². The Labute approximate surface area is 135 Å². The van der Waals surface area contributed by atoms with Crippen molar-refractivity contribution in [2.45, 2.75) is 32.7 Å². The number of carbonyl (C=O) groups excluding carboxylic acids is 1. The molecule has 1 atom stereocenters. The van der Waals surface area contributed by atoms with Gasteiger partial charge in [-0.15, -0.1) is 5.10 Å². The molecule has 2 aromatic rings. The maximum Gasteiger partial charge on any atom is 0.323 e. The zero-order valence-electron chi connectivity index (χ0n) is 13.5. The van der Waals surface area contributed by atoms with Crippen LogP contribution in [0, 0.1) is 13.8 Å². The van der Waals surface area contributed by atoms with Crippen molar-refractivity contribution in [1.82, 2.24) is 14.7 Å². The van der Waals surface area contributed by atoms with Crippen molar-refractivity contribution in [3.63, 3.8) is 0 Å². The highest BCUT2D eigenvalue weighted by Crippen LogP contribution is 2.20. The molecule has 1 unspecified atom stereocenters. The van der Waals surface area contributed by atoms with Gasteiger partial charge in [-0.2, -0.15) is 0 Å². The van der Waals surface area contributed by atoms with Gasteiger partial charge in [0.05, 0.1) is 18.3 Å². The SMILES string of the molecule is Cc1ccc(-n2nc(NC(=O)N3CCCC3CO)cc2C)cc1. The number of nitrogens with zero attached hydrogens (tertiary/aromatic N) is 3. The molecule has 0 radical (unpaired) electrons. The van der Waals surface area contributed by atoms with Crippen LogP contribution in [0.5, 0.6) is 0 Å². The molecule has 2 N–H and O–H groups in total. The van der Waals surface area contributed by atoms with Gasteiger partial charge in [-0.05, 0) is 38.8 Å². The molecule has 1 aliphatic heterocycles. The highest BCUT2D eigenvalue weighted by molar-refractivity contribution is 5.88. The number of urea groups is 1. The maximum absolute atomic E-state index is 12.3. The maximum atomic E-state index is 12.3. The number of benzene rings is 1. The van der Waals surface area contributed by atoms with Crippen LogP contribution in [-0.4, -0.2) is 45.0 Å². The Kier molecular flexibility index (Phi) is 4.34. The van der Waals surface area contributed by atoms with Gasteiger partial charge < -0.3 is 10.0 Å². The van der Waals surface area contributed by atoms with Crippen molar-refractivity contribution in [3.8, 4) is 5.69 Å². The van der Waals surface area contributed by atoms with E-state index in [9.17, 15) is 9.90 Å². The predicted octanol–water partition coefficient (Wildman–Crippen LogP) is 2.48. The summed E-state index contributed by atoms with van der Waals surface area (Å²) in [6, 6.07) is 9.63. The van der Waals surface area contributed by atoms with E-state index in [1.54, 1.807) is 4.90 Å². The van der Waals surface area contributed by atoms with Crippen molar-refractivity contribution < 1.29 is 9.90 Å².